The summed E-state index contributed by atoms with van der Waals surface area (Å²) in [6, 6.07) is 20.3. The molecule has 0 heterocycles. The Hall–Kier alpha value is -3.07. The zero-order chi connectivity index (χ0) is 27.7. The molecule has 7 nitrogen and oxygen atoms in total. The Kier molecular flexibility index (Phi) is 10.6. The van der Waals surface area contributed by atoms with Crippen molar-refractivity contribution in [3.63, 3.8) is 0 Å². The van der Waals surface area contributed by atoms with Gasteiger partial charge in [-0.15, -0.1) is 0 Å². The van der Waals surface area contributed by atoms with Crippen molar-refractivity contribution in [2.75, 3.05) is 17.4 Å². The number of sulfonamides is 1. The van der Waals surface area contributed by atoms with E-state index in [0.717, 1.165) is 16.3 Å². The average molecular weight is 577 g/mol. The quantitative estimate of drug-likeness (QED) is 0.308. The second kappa shape index (κ2) is 13.6. The predicted octanol–water partition coefficient (Wildman–Crippen LogP) is 5.52. The lowest BCUT2D eigenvalue weighted by atomic mass is 10.1. The molecule has 0 saturated heterocycles. The molecular formula is C28H31Cl2N3O4S. The van der Waals surface area contributed by atoms with Gasteiger partial charge in [-0.3, -0.25) is 13.9 Å². The first-order valence-electron chi connectivity index (χ1n) is 12.3. The van der Waals surface area contributed by atoms with E-state index in [0.29, 0.717) is 23.0 Å². The van der Waals surface area contributed by atoms with Crippen LogP contribution in [0.3, 0.4) is 0 Å². The summed E-state index contributed by atoms with van der Waals surface area (Å²) < 4.78 is 28.5. The molecule has 0 aliphatic carbocycles. The van der Waals surface area contributed by atoms with Crippen LogP contribution in [0.1, 0.15) is 32.3 Å². The molecule has 3 aromatic carbocycles. The van der Waals surface area contributed by atoms with Crippen molar-refractivity contribution >= 4 is 50.7 Å². The number of hydrogen-bond donors (Lipinski definition) is 1. The van der Waals surface area contributed by atoms with Crippen LogP contribution < -0.4 is 9.62 Å². The molecule has 0 fully saturated rings. The highest BCUT2D eigenvalue weighted by atomic mass is 35.5. The van der Waals surface area contributed by atoms with Crippen molar-refractivity contribution in [2.45, 2.75) is 44.2 Å². The third kappa shape index (κ3) is 7.49. The third-order valence-electron chi connectivity index (χ3n) is 5.93. The van der Waals surface area contributed by atoms with Crippen LogP contribution in [-0.4, -0.2) is 44.3 Å². The molecule has 3 aromatic rings. The highest BCUT2D eigenvalue weighted by Gasteiger charge is 2.33. The normalized spacial score (nSPS) is 12.0. The first kappa shape index (κ1) is 29.5. The van der Waals surface area contributed by atoms with Crippen molar-refractivity contribution in [2.24, 2.45) is 0 Å². The van der Waals surface area contributed by atoms with Gasteiger partial charge in [-0.2, -0.15) is 0 Å². The molecule has 38 heavy (non-hydrogen) atoms. The van der Waals surface area contributed by atoms with Crippen LogP contribution in [-0.2, 0) is 26.2 Å². The van der Waals surface area contributed by atoms with Crippen molar-refractivity contribution < 1.29 is 18.0 Å². The highest BCUT2D eigenvalue weighted by Crippen LogP contribution is 2.26. The van der Waals surface area contributed by atoms with E-state index in [9.17, 15) is 18.0 Å². The van der Waals surface area contributed by atoms with Crippen LogP contribution in [0.5, 0.6) is 0 Å². The summed E-state index contributed by atoms with van der Waals surface area (Å²) in [5.41, 5.74) is 1.04. The maximum absolute atomic E-state index is 13.9. The fourth-order valence-electron chi connectivity index (χ4n) is 3.93. The first-order valence-corrected chi connectivity index (χ1v) is 14.5. The molecule has 0 bridgehead atoms. The molecule has 202 valence electrons. The van der Waals surface area contributed by atoms with E-state index in [1.165, 1.54) is 17.0 Å². The Morgan fingerprint density at radius 2 is 1.45 bits per heavy atom. The largest absolute Gasteiger partial charge is 0.354 e. The Morgan fingerprint density at radius 3 is 2.00 bits per heavy atom. The molecule has 0 radical (unpaired) electrons. The minimum atomic E-state index is -4.12. The maximum Gasteiger partial charge on any atom is 0.264 e. The monoisotopic (exact) mass is 575 g/mol. The standard InChI is InChI=1S/C28H31Cl2N3O4S/c1-3-18-31-28(35)26(4-2)32(19-21-10-12-22(29)13-11-21)27(34)20-33(24-16-14-23(30)15-17-24)38(36,37)25-8-6-5-7-9-25/h5-17,26H,3-4,18-20H2,1-2H3,(H,31,35)/t26-/m0/s1. The van der Waals surface area contributed by atoms with Crippen LogP contribution in [0.15, 0.2) is 83.8 Å². The van der Waals surface area contributed by atoms with Crippen LogP contribution in [0.2, 0.25) is 10.0 Å². The van der Waals surface area contributed by atoms with E-state index in [-0.39, 0.29) is 23.0 Å². The first-order chi connectivity index (χ1) is 18.2. The molecule has 2 amide bonds. The molecular weight excluding hydrogens is 545 g/mol. The van der Waals surface area contributed by atoms with Gasteiger partial charge in [0.2, 0.25) is 11.8 Å². The van der Waals surface area contributed by atoms with Gasteiger partial charge < -0.3 is 10.2 Å². The molecule has 0 saturated carbocycles. The molecule has 1 N–H and O–H groups in total. The van der Waals surface area contributed by atoms with Gasteiger partial charge in [0.1, 0.15) is 12.6 Å². The van der Waals surface area contributed by atoms with E-state index in [4.69, 9.17) is 23.2 Å². The van der Waals surface area contributed by atoms with E-state index >= 15 is 0 Å². The third-order valence-corrected chi connectivity index (χ3v) is 8.22. The smallest absolute Gasteiger partial charge is 0.264 e. The Labute approximate surface area is 234 Å². The Bertz CT molecular complexity index is 1320. The van der Waals surface area contributed by atoms with Gasteiger partial charge in [0.05, 0.1) is 10.6 Å². The van der Waals surface area contributed by atoms with Crippen molar-refractivity contribution in [1.29, 1.82) is 0 Å². The summed E-state index contributed by atoms with van der Waals surface area (Å²) in [6.45, 7) is 3.82. The topological polar surface area (TPSA) is 86.8 Å². The minimum absolute atomic E-state index is 0.0414. The molecule has 0 aliphatic heterocycles. The van der Waals surface area contributed by atoms with Gasteiger partial charge >= 0.3 is 0 Å². The van der Waals surface area contributed by atoms with Crippen molar-refractivity contribution in [1.82, 2.24) is 10.2 Å². The lowest BCUT2D eigenvalue weighted by Gasteiger charge is -2.33. The summed E-state index contributed by atoms with van der Waals surface area (Å²) in [6.07, 6.45) is 1.09. The zero-order valence-electron chi connectivity index (χ0n) is 21.3. The van der Waals surface area contributed by atoms with Crippen LogP contribution in [0.4, 0.5) is 5.69 Å². The predicted molar refractivity (Wildman–Crippen MR) is 152 cm³/mol. The second-order valence-corrected chi connectivity index (χ2v) is 11.4. The summed E-state index contributed by atoms with van der Waals surface area (Å²) in [4.78, 5) is 28.4. The maximum atomic E-state index is 13.9. The molecule has 3 rings (SSSR count). The number of hydrogen-bond acceptors (Lipinski definition) is 4. The number of carbonyl (C=O) groups excluding carboxylic acids is 2. The minimum Gasteiger partial charge on any atom is -0.354 e. The number of amides is 2. The molecule has 10 heteroatoms. The Morgan fingerprint density at radius 1 is 0.868 bits per heavy atom. The van der Waals surface area contributed by atoms with Crippen LogP contribution in [0, 0.1) is 0 Å². The number of nitrogens with one attached hydrogen (secondary N) is 1. The summed E-state index contributed by atoms with van der Waals surface area (Å²) >= 11 is 12.1. The fourth-order valence-corrected chi connectivity index (χ4v) is 5.61. The number of nitrogens with zero attached hydrogens (tertiary/aromatic N) is 2. The van der Waals surface area contributed by atoms with Gasteiger partial charge in [-0.25, -0.2) is 8.42 Å². The number of anilines is 1. The fraction of sp³-hybridized carbons (Fsp3) is 0.286. The SMILES string of the molecule is CCCNC(=O)[C@H](CC)N(Cc1ccc(Cl)cc1)C(=O)CN(c1ccc(Cl)cc1)S(=O)(=O)c1ccccc1. The van der Waals surface area contributed by atoms with E-state index < -0.39 is 28.5 Å². The van der Waals surface area contributed by atoms with Gasteiger partial charge in [0.25, 0.3) is 10.0 Å². The van der Waals surface area contributed by atoms with Crippen molar-refractivity contribution in [3.8, 4) is 0 Å². The lowest BCUT2D eigenvalue weighted by Crippen LogP contribution is -2.52. The number of benzene rings is 3. The highest BCUT2D eigenvalue weighted by molar-refractivity contribution is 7.92. The molecule has 0 aliphatic rings. The summed E-state index contributed by atoms with van der Waals surface area (Å²) in [7, 11) is -4.12. The number of rotatable bonds is 12. The van der Waals surface area contributed by atoms with E-state index in [1.54, 1.807) is 66.7 Å². The zero-order valence-corrected chi connectivity index (χ0v) is 23.6. The van der Waals surface area contributed by atoms with E-state index in [1.807, 2.05) is 13.8 Å². The molecule has 0 unspecified atom stereocenters. The summed E-state index contributed by atoms with van der Waals surface area (Å²) in [5, 5.41) is 3.83. The molecule has 1 atom stereocenters. The number of carbonyl (C=O) groups is 2. The lowest BCUT2D eigenvalue weighted by molar-refractivity contribution is -0.140. The van der Waals surface area contributed by atoms with Gasteiger partial charge in [0.15, 0.2) is 0 Å². The van der Waals surface area contributed by atoms with Crippen LogP contribution in [0.25, 0.3) is 0 Å². The van der Waals surface area contributed by atoms with Gasteiger partial charge in [-0.05, 0) is 66.9 Å². The van der Waals surface area contributed by atoms with Crippen LogP contribution >= 0.6 is 23.2 Å². The summed E-state index contributed by atoms with van der Waals surface area (Å²) in [5.74, 6) is -0.812. The molecule has 0 aromatic heterocycles. The second-order valence-electron chi connectivity index (χ2n) is 8.66. The van der Waals surface area contributed by atoms with Crippen molar-refractivity contribution in [3.05, 3.63) is 94.5 Å². The molecule has 0 spiro atoms. The van der Waals surface area contributed by atoms with Gasteiger partial charge in [0, 0.05) is 23.1 Å². The van der Waals surface area contributed by atoms with E-state index in [2.05, 4.69) is 5.32 Å². The number of halogens is 2. The Balaban J connectivity index is 2.02. The van der Waals surface area contributed by atoms with Gasteiger partial charge in [-0.1, -0.05) is 67.4 Å². The average Bonchev–Trinajstić information content (AvgIpc) is 2.92.